The summed E-state index contributed by atoms with van der Waals surface area (Å²) in [6.07, 6.45) is 3.04. The number of phenolic OH excluding ortho intramolecular Hbond substituents is 1. The Morgan fingerprint density at radius 2 is 1.59 bits per heavy atom. The minimum absolute atomic E-state index is 0.0426. The highest BCUT2D eigenvalue weighted by molar-refractivity contribution is 6.10. The summed E-state index contributed by atoms with van der Waals surface area (Å²) in [5.41, 5.74) is 1.01. The van der Waals surface area contributed by atoms with E-state index in [-0.39, 0.29) is 36.4 Å². The first-order valence-corrected chi connectivity index (χ1v) is 8.06. The zero-order valence-electron chi connectivity index (χ0n) is 15.4. The molecule has 7 nitrogen and oxygen atoms in total. The summed E-state index contributed by atoms with van der Waals surface area (Å²) in [5.74, 6) is 0.836. The van der Waals surface area contributed by atoms with Crippen LogP contribution in [0.3, 0.4) is 0 Å². The van der Waals surface area contributed by atoms with Crippen molar-refractivity contribution in [3.8, 4) is 23.0 Å². The fourth-order valence-corrected chi connectivity index (χ4v) is 2.26. The number of hydrogen-bond donors (Lipinski definition) is 1. The van der Waals surface area contributed by atoms with Gasteiger partial charge in [0.2, 0.25) is 0 Å². The van der Waals surface area contributed by atoms with Crippen molar-refractivity contribution in [2.45, 2.75) is 0 Å². The topological polar surface area (TPSA) is 83.5 Å². The molecule has 144 valence electrons. The standard InChI is InChI=1S/C20H22O7/c1-23-12-26-16-10-18(25-3)20(19(11-16)27-13-24-2)17(22)9-6-14-4-7-15(21)8-5-14/h4-11,21H,12-13H2,1-3H3/b9-6+. The highest BCUT2D eigenvalue weighted by atomic mass is 16.7. The summed E-state index contributed by atoms with van der Waals surface area (Å²) >= 11 is 0. The van der Waals surface area contributed by atoms with Crippen molar-refractivity contribution < 1.29 is 33.6 Å². The number of benzene rings is 2. The first-order chi connectivity index (χ1) is 13.1. The average Bonchev–Trinajstić information content (AvgIpc) is 2.69. The van der Waals surface area contributed by atoms with Crippen LogP contribution in [0, 0.1) is 0 Å². The van der Waals surface area contributed by atoms with E-state index in [0.717, 1.165) is 5.56 Å². The van der Waals surface area contributed by atoms with E-state index in [1.165, 1.54) is 27.4 Å². The van der Waals surface area contributed by atoms with E-state index in [0.29, 0.717) is 11.5 Å². The van der Waals surface area contributed by atoms with Crippen LogP contribution in [0.2, 0.25) is 0 Å². The van der Waals surface area contributed by atoms with Crippen molar-refractivity contribution in [3.05, 3.63) is 53.6 Å². The molecule has 2 rings (SSSR count). The molecule has 27 heavy (non-hydrogen) atoms. The largest absolute Gasteiger partial charge is 0.508 e. The number of phenols is 1. The summed E-state index contributed by atoms with van der Waals surface area (Å²) < 4.78 is 26.1. The van der Waals surface area contributed by atoms with Gasteiger partial charge in [-0.05, 0) is 23.8 Å². The summed E-state index contributed by atoms with van der Waals surface area (Å²) in [5, 5.41) is 9.33. The molecule has 0 spiro atoms. The zero-order chi connectivity index (χ0) is 19.6. The van der Waals surface area contributed by atoms with E-state index < -0.39 is 0 Å². The molecule has 0 heterocycles. The molecule has 0 aliphatic heterocycles. The number of methoxy groups -OCH3 is 3. The normalized spacial score (nSPS) is 10.8. The van der Waals surface area contributed by atoms with E-state index >= 15 is 0 Å². The van der Waals surface area contributed by atoms with Crippen molar-refractivity contribution in [2.24, 2.45) is 0 Å². The lowest BCUT2D eigenvalue weighted by Gasteiger charge is -2.15. The van der Waals surface area contributed by atoms with Crippen LogP contribution in [0.15, 0.2) is 42.5 Å². The smallest absolute Gasteiger partial charge is 0.193 e. The molecule has 0 saturated heterocycles. The predicted octanol–water partition coefficient (Wildman–Crippen LogP) is 3.26. The predicted molar refractivity (Wildman–Crippen MR) is 99.5 cm³/mol. The highest BCUT2D eigenvalue weighted by Gasteiger charge is 2.19. The molecule has 0 atom stereocenters. The second-order valence-electron chi connectivity index (χ2n) is 5.39. The van der Waals surface area contributed by atoms with Gasteiger partial charge in [0.05, 0.1) is 7.11 Å². The molecule has 0 amide bonds. The number of carbonyl (C=O) groups excluding carboxylic acids is 1. The van der Waals surface area contributed by atoms with Gasteiger partial charge < -0.3 is 28.8 Å². The third kappa shape index (κ3) is 5.73. The lowest BCUT2D eigenvalue weighted by atomic mass is 10.1. The summed E-state index contributed by atoms with van der Waals surface area (Å²) in [6, 6.07) is 9.63. The van der Waals surface area contributed by atoms with Crippen molar-refractivity contribution >= 4 is 11.9 Å². The number of carbonyl (C=O) groups is 1. The molecule has 0 bridgehead atoms. The van der Waals surface area contributed by atoms with Gasteiger partial charge in [0, 0.05) is 26.4 Å². The molecule has 2 aromatic carbocycles. The molecule has 0 unspecified atom stereocenters. The molecule has 0 saturated carbocycles. The number of aromatic hydroxyl groups is 1. The van der Waals surface area contributed by atoms with Crippen LogP contribution >= 0.6 is 0 Å². The van der Waals surface area contributed by atoms with Gasteiger partial charge in [0.1, 0.15) is 28.6 Å². The second-order valence-corrected chi connectivity index (χ2v) is 5.39. The van der Waals surface area contributed by atoms with Crippen LogP contribution in [-0.4, -0.2) is 45.8 Å². The highest BCUT2D eigenvalue weighted by Crippen LogP contribution is 2.35. The summed E-state index contributed by atoms with van der Waals surface area (Å²) in [6.45, 7) is -0.000236. The number of ketones is 1. The van der Waals surface area contributed by atoms with Crippen LogP contribution in [0.5, 0.6) is 23.0 Å². The Kier molecular flexibility index (Phi) is 7.66. The summed E-state index contributed by atoms with van der Waals surface area (Å²) in [4.78, 5) is 12.8. The molecule has 7 heteroatoms. The number of ether oxygens (including phenoxy) is 5. The van der Waals surface area contributed by atoms with Crippen molar-refractivity contribution in [3.63, 3.8) is 0 Å². The van der Waals surface area contributed by atoms with E-state index in [1.807, 2.05) is 0 Å². The van der Waals surface area contributed by atoms with Gasteiger partial charge in [0.25, 0.3) is 0 Å². The van der Waals surface area contributed by atoms with Crippen LogP contribution in [0.1, 0.15) is 15.9 Å². The Balaban J connectivity index is 2.35. The van der Waals surface area contributed by atoms with Gasteiger partial charge in [0.15, 0.2) is 19.4 Å². The minimum Gasteiger partial charge on any atom is -0.508 e. The number of rotatable bonds is 10. The quantitative estimate of drug-likeness (QED) is 0.388. The van der Waals surface area contributed by atoms with Gasteiger partial charge in [-0.1, -0.05) is 18.2 Å². The second kappa shape index (κ2) is 10.2. The van der Waals surface area contributed by atoms with Gasteiger partial charge in [-0.2, -0.15) is 0 Å². The van der Waals surface area contributed by atoms with E-state index in [9.17, 15) is 9.90 Å². The third-order valence-electron chi connectivity index (χ3n) is 3.50. The Morgan fingerprint density at radius 1 is 0.963 bits per heavy atom. The molecular formula is C20H22O7. The maximum Gasteiger partial charge on any atom is 0.193 e. The van der Waals surface area contributed by atoms with Gasteiger partial charge in [-0.3, -0.25) is 4.79 Å². The summed E-state index contributed by atoms with van der Waals surface area (Å²) in [7, 11) is 4.44. The molecule has 0 aliphatic carbocycles. The molecule has 0 aliphatic rings. The molecule has 2 aromatic rings. The third-order valence-corrected chi connectivity index (χ3v) is 3.50. The zero-order valence-corrected chi connectivity index (χ0v) is 15.4. The monoisotopic (exact) mass is 374 g/mol. The first-order valence-electron chi connectivity index (χ1n) is 8.06. The SMILES string of the molecule is COCOc1cc(OC)c(C(=O)/C=C/c2ccc(O)cc2)c(OCOC)c1. The van der Waals surface area contributed by atoms with Gasteiger partial charge in [-0.15, -0.1) is 0 Å². The van der Waals surface area contributed by atoms with Gasteiger partial charge >= 0.3 is 0 Å². The van der Waals surface area contributed by atoms with E-state index in [4.69, 9.17) is 23.7 Å². The lowest BCUT2D eigenvalue weighted by Crippen LogP contribution is -2.08. The lowest BCUT2D eigenvalue weighted by molar-refractivity contribution is 0.0453. The van der Waals surface area contributed by atoms with Crippen LogP contribution in [-0.2, 0) is 9.47 Å². The van der Waals surface area contributed by atoms with Crippen LogP contribution < -0.4 is 14.2 Å². The van der Waals surface area contributed by atoms with Crippen molar-refractivity contribution in [1.29, 1.82) is 0 Å². The average molecular weight is 374 g/mol. The maximum atomic E-state index is 12.8. The minimum atomic E-state index is -0.315. The molecular weight excluding hydrogens is 352 g/mol. The van der Waals surface area contributed by atoms with Crippen LogP contribution in [0.25, 0.3) is 6.08 Å². The number of allylic oxidation sites excluding steroid dienone is 1. The molecule has 0 radical (unpaired) electrons. The first kappa shape index (κ1) is 20.3. The maximum absolute atomic E-state index is 12.8. The molecule has 1 N–H and O–H groups in total. The molecule has 0 fully saturated rings. The van der Waals surface area contributed by atoms with Crippen LogP contribution in [0.4, 0.5) is 0 Å². The fraction of sp³-hybridized carbons (Fsp3) is 0.250. The van der Waals surface area contributed by atoms with E-state index in [1.54, 1.807) is 42.5 Å². The Bertz CT molecular complexity index is 782. The fourth-order valence-electron chi connectivity index (χ4n) is 2.26. The Morgan fingerprint density at radius 3 is 2.22 bits per heavy atom. The van der Waals surface area contributed by atoms with Crippen molar-refractivity contribution in [1.82, 2.24) is 0 Å². The molecule has 0 aromatic heterocycles. The van der Waals surface area contributed by atoms with Gasteiger partial charge in [-0.25, -0.2) is 0 Å². The Hall–Kier alpha value is -3.03. The number of hydrogen-bond acceptors (Lipinski definition) is 7. The Labute approximate surface area is 157 Å². The van der Waals surface area contributed by atoms with E-state index in [2.05, 4.69) is 0 Å². The van der Waals surface area contributed by atoms with Crippen molar-refractivity contribution in [2.75, 3.05) is 34.9 Å².